The Morgan fingerprint density at radius 2 is 1.50 bits per heavy atom. The number of aliphatic carboxylic acids is 1. The zero-order valence-corrected chi connectivity index (χ0v) is 34.7. The molecule has 0 radical (unpaired) electrons. The molecule has 3 saturated heterocycles. The number of halogens is 2. The van der Waals surface area contributed by atoms with Crippen LogP contribution in [0.15, 0.2) is 65.0 Å². The Balaban J connectivity index is 1.25. The van der Waals surface area contributed by atoms with Crippen LogP contribution < -0.4 is 5.32 Å². The van der Waals surface area contributed by atoms with Crippen molar-refractivity contribution in [3.05, 3.63) is 91.7 Å². The van der Waals surface area contributed by atoms with E-state index in [1.165, 1.54) is 20.0 Å². The van der Waals surface area contributed by atoms with E-state index in [2.05, 4.69) is 40.9 Å². The molecule has 1 amide bonds. The monoisotopic (exact) mass is 809 g/mol. The van der Waals surface area contributed by atoms with Crippen LogP contribution in [0.2, 0.25) is 10.0 Å². The average Bonchev–Trinajstić information content (AvgIpc) is 3.38. The first-order chi connectivity index (χ1) is 27.0. The quantitative estimate of drug-likeness (QED) is 0.153. The van der Waals surface area contributed by atoms with Gasteiger partial charge >= 0.3 is 11.9 Å². The first kappa shape index (κ1) is 42.2. The van der Waals surface area contributed by atoms with Gasteiger partial charge in [-0.2, -0.15) is 0 Å². The number of carboxylic acids is 1. The Morgan fingerprint density at radius 1 is 0.857 bits per heavy atom. The van der Waals surface area contributed by atoms with Crippen molar-refractivity contribution in [1.29, 1.82) is 0 Å². The lowest BCUT2D eigenvalue weighted by molar-refractivity contribution is -0.136. The molecule has 0 aliphatic carbocycles. The summed E-state index contributed by atoms with van der Waals surface area (Å²) < 4.78 is 11.4. The number of carboxylic acid groups (broad SMARTS) is 1. The number of amides is 1. The number of carbonyl (C=O) groups is 3. The number of methoxy groups -OCH3 is 1. The third-order valence-electron chi connectivity index (χ3n) is 12.5. The largest absolute Gasteiger partial charge is 0.478 e. The van der Waals surface area contributed by atoms with E-state index in [0.717, 1.165) is 56.7 Å². The second-order valence-electron chi connectivity index (χ2n) is 15.4. The molecule has 304 valence electrons. The minimum Gasteiger partial charge on any atom is -0.478 e. The molecular formula is C43H57Cl2N5O6. The minimum atomic E-state index is -1.28. The van der Waals surface area contributed by atoms with E-state index < -0.39 is 17.9 Å². The smallest absolute Gasteiger partial charge is 0.336 e. The number of dihydropyridines is 1. The molecule has 0 spiro atoms. The lowest BCUT2D eigenvalue weighted by atomic mass is 9.78. The number of aryl methyl sites for hydroxylation is 1. The van der Waals surface area contributed by atoms with Crippen LogP contribution in [0.1, 0.15) is 75.0 Å². The summed E-state index contributed by atoms with van der Waals surface area (Å²) in [5.74, 6) is -3.35. The van der Waals surface area contributed by atoms with E-state index in [9.17, 15) is 19.5 Å². The fourth-order valence-corrected chi connectivity index (χ4v) is 9.84. The number of benzene rings is 2. The van der Waals surface area contributed by atoms with Crippen molar-refractivity contribution in [3.8, 4) is 0 Å². The highest BCUT2D eigenvalue weighted by Gasteiger charge is 2.43. The molecule has 3 atom stereocenters. The molecule has 4 aliphatic heterocycles. The summed E-state index contributed by atoms with van der Waals surface area (Å²) >= 11 is 13.5. The number of allylic oxidation sites excluding steroid dienone is 1. The Hall–Kier alpha value is -3.45. The van der Waals surface area contributed by atoms with Gasteiger partial charge in [-0.15, -0.1) is 0 Å². The van der Waals surface area contributed by atoms with Crippen LogP contribution in [-0.4, -0.2) is 127 Å². The lowest BCUT2D eigenvalue weighted by Gasteiger charge is -2.45. The second kappa shape index (κ2) is 19.3. The molecule has 2 N–H and O–H groups in total. The molecule has 0 saturated carbocycles. The molecule has 4 aliphatic rings. The number of fused-ring (bicyclic) bond motifs is 2. The number of esters is 1. The summed E-state index contributed by atoms with van der Waals surface area (Å²) in [5, 5.41) is 14.6. The van der Waals surface area contributed by atoms with Gasteiger partial charge < -0.3 is 34.6 Å². The standard InChI is InChI=1S/C43H57Cl2N5O6/c1-5-48(6-2)22-23-56-27-29-11-8-7-10-28(29)14-17-35-40(43(54)55-4)41(38-33(44)12-9-13-34(38)45)39(42(52)53)36(46-35)26-37(51)50-20-18-49(19-21-50)32-24-30-15-16-31(25-32)47(30)3/h7-13,30-32,41,46H,5-6,14-27H2,1-4H3,(H,52,53). The van der Waals surface area contributed by atoms with Crippen LogP contribution in [0.3, 0.4) is 0 Å². The van der Waals surface area contributed by atoms with Crippen molar-refractivity contribution in [2.24, 2.45) is 0 Å². The molecule has 3 unspecified atom stereocenters. The SMILES string of the molecule is CCN(CC)CCOCc1ccccc1CCC1=C(C(=O)OC)C(c2c(Cl)cccc2Cl)C(C(=O)O)=C(CC(=O)N2CCN(C3CC4CCC(C3)N4C)CC2)N1. The van der Waals surface area contributed by atoms with Gasteiger partial charge in [0.25, 0.3) is 0 Å². The summed E-state index contributed by atoms with van der Waals surface area (Å²) in [4.78, 5) is 50.4. The predicted octanol–water partition coefficient (Wildman–Crippen LogP) is 6.10. The molecule has 11 nitrogen and oxygen atoms in total. The highest BCUT2D eigenvalue weighted by atomic mass is 35.5. The van der Waals surface area contributed by atoms with E-state index in [1.807, 2.05) is 29.2 Å². The van der Waals surface area contributed by atoms with Gasteiger partial charge in [-0.3, -0.25) is 9.69 Å². The third-order valence-corrected chi connectivity index (χ3v) is 13.2. The number of likely N-dealkylation sites (N-methyl/N-ethyl adjacent to an activating group) is 1. The lowest BCUT2D eigenvalue weighted by Crippen LogP contribution is -2.56. The van der Waals surface area contributed by atoms with E-state index in [4.69, 9.17) is 32.7 Å². The van der Waals surface area contributed by atoms with Gasteiger partial charge in [0.15, 0.2) is 0 Å². The van der Waals surface area contributed by atoms with Gasteiger partial charge in [-0.1, -0.05) is 67.4 Å². The number of ether oxygens (including phenoxy) is 2. The number of rotatable bonds is 16. The van der Waals surface area contributed by atoms with Crippen molar-refractivity contribution >= 4 is 41.0 Å². The minimum absolute atomic E-state index is 0.102. The molecule has 2 bridgehead atoms. The molecule has 2 aromatic rings. The molecule has 3 fully saturated rings. The summed E-state index contributed by atoms with van der Waals surface area (Å²) in [6.07, 6.45) is 5.49. The maximum Gasteiger partial charge on any atom is 0.336 e. The maximum absolute atomic E-state index is 14.1. The van der Waals surface area contributed by atoms with Crippen LogP contribution >= 0.6 is 23.2 Å². The van der Waals surface area contributed by atoms with Gasteiger partial charge in [0.2, 0.25) is 5.91 Å². The van der Waals surface area contributed by atoms with Crippen LogP contribution in [0.25, 0.3) is 0 Å². The number of nitrogens with one attached hydrogen (secondary N) is 1. The maximum atomic E-state index is 14.1. The molecular weight excluding hydrogens is 753 g/mol. The highest BCUT2D eigenvalue weighted by molar-refractivity contribution is 6.36. The fourth-order valence-electron chi connectivity index (χ4n) is 9.22. The molecule has 13 heteroatoms. The van der Waals surface area contributed by atoms with Crippen LogP contribution in [0, 0.1) is 0 Å². The Bertz CT molecular complexity index is 1770. The Labute approximate surface area is 341 Å². The molecule has 0 aromatic heterocycles. The third kappa shape index (κ3) is 9.46. The van der Waals surface area contributed by atoms with Gasteiger partial charge in [0.05, 0.1) is 43.8 Å². The summed E-state index contributed by atoms with van der Waals surface area (Å²) in [6, 6.07) is 14.7. The van der Waals surface area contributed by atoms with Crippen molar-refractivity contribution in [1.82, 2.24) is 24.9 Å². The number of hydrogen-bond donors (Lipinski definition) is 2. The Morgan fingerprint density at radius 3 is 2.11 bits per heavy atom. The molecule has 2 aromatic carbocycles. The van der Waals surface area contributed by atoms with E-state index in [0.29, 0.717) is 63.0 Å². The molecule has 4 heterocycles. The number of carbonyl (C=O) groups excluding carboxylic acids is 2. The molecule has 56 heavy (non-hydrogen) atoms. The van der Waals surface area contributed by atoms with Gasteiger partial charge in [-0.05, 0) is 81.9 Å². The predicted molar refractivity (Wildman–Crippen MR) is 219 cm³/mol. The van der Waals surface area contributed by atoms with Gasteiger partial charge in [0.1, 0.15) is 0 Å². The number of nitrogens with zero attached hydrogens (tertiary/aromatic N) is 4. The second-order valence-corrected chi connectivity index (χ2v) is 16.2. The zero-order valence-electron chi connectivity index (χ0n) is 33.2. The average molecular weight is 811 g/mol. The van der Waals surface area contributed by atoms with Crippen molar-refractivity contribution in [2.45, 2.75) is 89.4 Å². The fraction of sp³-hybridized carbons (Fsp3) is 0.558. The normalized spacial score (nSPS) is 23.2. The summed E-state index contributed by atoms with van der Waals surface area (Å²) in [5.41, 5.74) is 2.96. The van der Waals surface area contributed by atoms with E-state index in [1.54, 1.807) is 18.2 Å². The zero-order chi connectivity index (χ0) is 39.9. The molecule has 6 rings (SSSR count). The number of piperidine rings is 1. The topological polar surface area (TPSA) is 115 Å². The number of piperazine rings is 1. The van der Waals surface area contributed by atoms with Crippen molar-refractivity contribution in [3.63, 3.8) is 0 Å². The Kier molecular flexibility index (Phi) is 14.6. The highest BCUT2D eigenvalue weighted by Crippen LogP contribution is 2.46. The van der Waals surface area contributed by atoms with Crippen LogP contribution in [0.4, 0.5) is 0 Å². The van der Waals surface area contributed by atoms with E-state index in [-0.39, 0.29) is 44.8 Å². The van der Waals surface area contributed by atoms with E-state index >= 15 is 0 Å². The first-order valence-corrected chi connectivity index (χ1v) is 20.9. The van der Waals surface area contributed by atoms with Gasteiger partial charge in [-0.25, -0.2) is 9.59 Å². The van der Waals surface area contributed by atoms with Crippen LogP contribution in [-0.2, 0) is 36.9 Å². The van der Waals surface area contributed by atoms with Crippen LogP contribution in [0.5, 0.6) is 0 Å². The van der Waals surface area contributed by atoms with Gasteiger partial charge in [0, 0.05) is 77.9 Å². The van der Waals surface area contributed by atoms with Crippen molar-refractivity contribution < 1.29 is 29.0 Å². The first-order valence-electron chi connectivity index (χ1n) is 20.1. The number of hydrogen-bond acceptors (Lipinski definition) is 9. The summed E-state index contributed by atoms with van der Waals surface area (Å²) in [6.45, 7) is 10.8. The summed E-state index contributed by atoms with van der Waals surface area (Å²) in [7, 11) is 3.51. The van der Waals surface area contributed by atoms with Crippen molar-refractivity contribution in [2.75, 3.05) is 66.6 Å².